The van der Waals surface area contributed by atoms with E-state index in [1.54, 1.807) is 36.4 Å². The third-order valence-electron chi connectivity index (χ3n) is 4.44. The number of halogens is 1. The van der Waals surface area contributed by atoms with Crippen LogP contribution in [-0.2, 0) is 22.4 Å². The molecule has 6 nitrogen and oxygen atoms in total. The average molecular weight is 389 g/mol. The average Bonchev–Trinajstić information content (AvgIpc) is 2.70. The number of ether oxygens (including phenoxy) is 2. The molecular formula is C21H24FNO5. The number of rotatable bonds is 10. The molecule has 0 saturated heterocycles. The highest BCUT2D eigenvalue weighted by Crippen LogP contribution is 2.22. The van der Waals surface area contributed by atoms with E-state index in [9.17, 15) is 19.1 Å². The van der Waals surface area contributed by atoms with Crippen LogP contribution in [0, 0.1) is 11.7 Å². The lowest BCUT2D eigenvalue weighted by atomic mass is 9.98. The molecule has 7 heteroatoms. The molecule has 0 aromatic heterocycles. The van der Waals surface area contributed by atoms with Crippen molar-refractivity contribution in [2.24, 2.45) is 5.92 Å². The second-order valence-electron chi connectivity index (χ2n) is 6.29. The Morgan fingerprint density at radius 3 is 2.36 bits per heavy atom. The number of carbonyl (C=O) groups is 2. The summed E-state index contributed by atoms with van der Waals surface area (Å²) in [6.45, 7) is -0.0210. The third-order valence-corrected chi connectivity index (χ3v) is 4.44. The lowest BCUT2D eigenvalue weighted by molar-refractivity contribution is -0.141. The number of methoxy groups -OCH3 is 2. The number of amides is 1. The number of nitrogens with one attached hydrogen (secondary N) is 1. The fourth-order valence-corrected chi connectivity index (χ4v) is 2.86. The van der Waals surface area contributed by atoms with Crippen molar-refractivity contribution in [3.05, 3.63) is 59.4 Å². The Kier molecular flexibility index (Phi) is 7.80. The van der Waals surface area contributed by atoms with Crippen LogP contribution in [0.4, 0.5) is 4.39 Å². The number of hydrogen-bond donors (Lipinski definition) is 2. The fourth-order valence-electron chi connectivity index (χ4n) is 2.86. The molecular weight excluding hydrogens is 365 g/mol. The molecule has 2 rings (SSSR count). The van der Waals surface area contributed by atoms with Gasteiger partial charge in [0.25, 0.3) is 0 Å². The summed E-state index contributed by atoms with van der Waals surface area (Å²) in [7, 11) is 2.90. The molecule has 0 saturated carbocycles. The van der Waals surface area contributed by atoms with Crippen molar-refractivity contribution in [2.45, 2.75) is 19.3 Å². The van der Waals surface area contributed by atoms with Gasteiger partial charge in [0.2, 0.25) is 5.91 Å². The van der Waals surface area contributed by atoms with Crippen molar-refractivity contribution in [1.82, 2.24) is 5.32 Å². The normalized spacial score (nSPS) is 11.5. The SMILES string of the molecule is COc1ccccc1CC(CNC(=O)CCc1cccc(OC)c1F)C(=O)O. The maximum Gasteiger partial charge on any atom is 0.308 e. The first-order valence-electron chi connectivity index (χ1n) is 8.89. The minimum atomic E-state index is -1.01. The zero-order valence-electron chi connectivity index (χ0n) is 15.9. The Morgan fingerprint density at radius 1 is 1.04 bits per heavy atom. The largest absolute Gasteiger partial charge is 0.496 e. The van der Waals surface area contributed by atoms with Crippen LogP contribution in [0.2, 0.25) is 0 Å². The maximum atomic E-state index is 14.1. The van der Waals surface area contributed by atoms with E-state index >= 15 is 0 Å². The lowest BCUT2D eigenvalue weighted by Crippen LogP contribution is -2.34. The second-order valence-corrected chi connectivity index (χ2v) is 6.29. The first kappa shape index (κ1) is 21.2. The van der Waals surface area contributed by atoms with Crippen LogP contribution in [0.15, 0.2) is 42.5 Å². The molecule has 0 aliphatic heterocycles. The van der Waals surface area contributed by atoms with Gasteiger partial charge in [-0.2, -0.15) is 0 Å². The predicted molar refractivity (Wildman–Crippen MR) is 102 cm³/mol. The second kappa shape index (κ2) is 10.3. The van der Waals surface area contributed by atoms with E-state index in [0.29, 0.717) is 11.3 Å². The quantitative estimate of drug-likeness (QED) is 0.653. The Bertz CT molecular complexity index is 824. The molecule has 1 unspecified atom stereocenters. The summed E-state index contributed by atoms with van der Waals surface area (Å²) in [6.07, 6.45) is 0.467. The summed E-state index contributed by atoms with van der Waals surface area (Å²) >= 11 is 0. The van der Waals surface area contributed by atoms with Gasteiger partial charge in [0.15, 0.2) is 11.6 Å². The van der Waals surface area contributed by atoms with Gasteiger partial charge in [-0.25, -0.2) is 4.39 Å². The molecule has 0 heterocycles. The lowest BCUT2D eigenvalue weighted by Gasteiger charge is -2.15. The van der Waals surface area contributed by atoms with Gasteiger partial charge >= 0.3 is 5.97 Å². The van der Waals surface area contributed by atoms with E-state index in [-0.39, 0.29) is 37.5 Å². The molecule has 1 amide bonds. The summed E-state index contributed by atoms with van der Waals surface area (Å²) in [5.74, 6) is -1.90. The van der Waals surface area contributed by atoms with Crippen molar-refractivity contribution >= 4 is 11.9 Å². The zero-order valence-corrected chi connectivity index (χ0v) is 15.9. The number of benzene rings is 2. The van der Waals surface area contributed by atoms with Crippen LogP contribution in [0.25, 0.3) is 0 Å². The van der Waals surface area contributed by atoms with Gasteiger partial charge in [0.05, 0.1) is 20.1 Å². The Labute approximate surface area is 163 Å². The van der Waals surface area contributed by atoms with Crippen molar-refractivity contribution in [1.29, 1.82) is 0 Å². The highest BCUT2D eigenvalue weighted by atomic mass is 19.1. The molecule has 2 aromatic carbocycles. The number of aliphatic carboxylic acids is 1. The van der Waals surface area contributed by atoms with Gasteiger partial charge < -0.3 is 19.9 Å². The summed E-state index contributed by atoms with van der Waals surface area (Å²) in [5.41, 5.74) is 1.13. The van der Waals surface area contributed by atoms with Crippen LogP contribution >= 0.6 is 0 Å². The van der Waals surface area contributed by atoms with Gasteiger partial charge in [0, 0.05) is 13.0 Å². The Hall–Kier alpha value is -3.09. The Balaban J connectivity index is 1.91. The molecule has 150 valence electrons. The van der Waals surface area contributed by atoms with Crippen LogP contribution < -0.4 is 14.8 Å². The third kappa shape index (κ3) is 5.70. The molecule has 0 aliphatic carbocycles. The molecule has 1 atom stereocenters. The van der Waals surface area contributed by atoms with Gasteiger partial charge in [-0.15, -0.1) is 0 Å². The van der Waals surface area contributed by atoms with E-state index in [1.165, 1.54) is 20.3 Å². The monoisotopic (exact) mass is 389 g/mol. The topological polar surface area (TPSA) is 84.9 Å². The highest BCUT2D eigenvalue weighted by Gasteiger charge is 2.21. The molecule has 2 N–H and O–H groups in total. The van der Waals surface area contributed by atoms with Crippen LogP contribution in [-0.4, -0.2) is 37.7 Å². The summed E-state index contributed by atoms with van der Waals surface area (Å²) in [4.78, 5) is 23.7. The van der Waals surface area contributed by atoms with Gasteiger partial charge in [-0.05, 0) is 36.1 Å². The van der Waals surface area contributed by atoms with E-state index in [1.807, 2.05) is 0 Å². The van der Waals surface area contributed by atoms with Crippen molar-refractivity contribution in [3.8, 4) is 11.5 Å². The molecule has 0 aliphatic rings. The van der Waals surface area contributed by atoms with E-state index in [0.717, 1.165) is 5.56 Å². The van der Waals surface area contributed by atoms with Crippen LogP contribution in [0.3, 0.4) is 0 Å². The minimum Gasteiger partial charge on any atom is -0.496 e. The molecule has 28 heavy (non-hydrogen) atoms. The molecule has 2 aromatic rings. The fraction of sp³-hybridized carbons (Fsp3) is 0.333. The van der Waals surface area contributed by atoms with Crippen LogP contribution in [0.1, 0.15) is 17.5 Å². The number of carboxylic acid groups (broad SMARTS) is 1. The standard InChI is InChI=1S/C21H24FNO5/c1-27-17-8-4-3-6-15(17)12-16(21(25)26)13-23-19(24)11-10-14-7-5-9-18(28-2)20(14)22/h3-9,16H,10-13H2,1-2H3,(H,23,24)(H,25,26). The number of carbonyl (C=O) groups excluding carboxylic acids is 1. The number of aryl methyl sites for hydroxylation is 1. The molecule has 0 bridgehead atoms. The van der Waals surface area contributed by atoms with Gasteiger partial charge in [-0.1, -0.05) is 30.3 Å². The molecule has 0 radical (unpaired) electrons. The first-order valence-corrected chi connectivity index (χ1v) is 8.89. The predicted octanol–water partition coefficient (Wildman–Crippen LogP) is 2.84. The molecule has 0 fully saturated rings. The number of carboxylic acids is 1. The van der Waals surface area contributed by atoms with E-state index in [4.69, 9.17) is 9.47 Å². The van der Waals surface area contributed by atoms with Crippen molar-refractivity contribution in [3.63, 3.8) is 0 Å². The van der Waals surface area contributed by atoms with Crippen molar-refractivity contribution in [2.75, 3.05) is 20.8 Å². The highest BCUT2D eigenvalue weighted by molar-refractivity contribution is 5.77. The maximum absolute atomic E-state index is 14.1. The van der Waals surface area contributed by atoms with E-state index in [2.05, 4.69) is 5.32 Å². The summed E-state index contributed by atoms with van der Waals surface area (Å²) in [5, 5.41) is 12.1. The van der Waals surface area contributed by atoms with Crippen molar-refractivity contribution < 1.29 is 28.6 Å². The number of para-hydroxylation sites is 1. The summed E-state index contributed by atoms with van der Waals surface area (Å²) in [6, 6.07) is 11.9. The smallest absolute Gasteiger partial charge is 0.308 e. The van der Waals surface area contributed by atoms with Gasteiger partial charge in [-0.3, -0.25) is 9.59 Å². The zero-order chi connectivity index (χ0) is 20.5. The van der Waals surface area contributed by atoms with E-state index < -0.39 is 17.7 Å². The first-order chi connectivity index (χ1) is 13.5. The molecule has 0 spiro atoms. The minimum absolute atomic E-state index is 0.0210. The summed E-state index contributed by atoms with van der Waals surface area (Å²) < 4.78 is 24.3. The van der Waals surface area contributed by atoms with Crippen LogP contribution in [0.5, 0.6) is 11.5 Å². The van der Waals surface area contributed by atoms with Gasteiger partial charge in [0.1, 0.15) is 5.75 Å². The Morgan fingerprint density at radius 2 is 1.68 bits per heavy atom. The number of hydrogen-bond acceptors (Lipinski definition) is 4.